The second kappa shape index (κ2) is 5.73. The van der Waals surface area contributed by atoms with E-state index < -0.39 is 0 Å². The van der Waals surface area contributed by atoms with E-state index in [9.17, 15) is 4.79 Å². The maximum absolute atomic E-state index is 12.0. The lowest BCUT2D eigenvalue weighted by Gasteiger charge is -2.04. The fourth-order valence-corrected chi connectivity index (χ4v) is 2.76. The lowest BCUT2D eigenvalue weighted by Crippen LogP contribution is -2.15. The molecule has 1 aromatic carbocycles. The molecule has 0 saturated heterocycles. The van der Waals surface area contributed by atoms with Crippen molar-refractivity contribution in [1.29, 1.82) is 0 Å². The molecule has 25 heavy (non-hydrogen) atoms. The maximum atomic E-state index is 12.0. The molecule has 3 aromatic heterocycles. The van der Waals surface area contributed by atoms with Gasteiger partial charge in [-0.3, -0.25) is 9.25 Å². The molecule has 128 valence electrons. The molecule has 8 nitrogen and oxygen atoms in total. The van der Waals surface area contributed by atoms with Crippen molar-refractivity contribution in [3.05, 3.63) is 41.0 Å². The zero-order valence-corrected chi connectivity index (χ0v) is 14.1. The standard InChI is InChI=1S/C17H17N5O3/c1-4-21-8-7-12(19-21)16-18-15(20-25-16)11-5-6-13-14(9-11)24-17(23)22(13)10(2)3/h5-10H,4H2,1-3H3. The van der Waals surface area contributed by atoms with Crippen LogP contribution in [-0.2, 0) is 6.54 Å². The molecular weight excluding hydrogens is 322 g/mol. The fourth-order valence-electron chi connectivity index (χ4n) is 2.76. The summed E-state index contributed by atoms with van der Waals surface area (Å²) in [7, 11) is 0. The van der Waals surface area contributed by atoms with Crippen LogP contribution < -0.4 is 5.76 Å². The van der Waals surface area contributed by atoms with Gasteiger partial charge in [0.25, 0.3) is 5.89 Å². The first kappa shape index (κ1) is 15.4. The minimum absolute atomic E-state index is 0.0186. The Morgan fingerprint density at radius 1 is 1.24 bits per heavy atom. The number of benzene rings is 1. The van der Waals surface area contributed by atoms with Crippen LogP contribution in [0, 0.1) is 0 Å². The van der Waals surface area contributed by atoms with Crippen molar-refractivity contribution >= 4 is 11.1 Å². The van der Waals surface area contributed by atoms with Gasteiger partial charge in [0.2, 0.25) is 5.82 Å². The largest absolute Gasteiger partial charge is 0.420 e. The molecule has 0 aliphatic heterocycles. The van der Waals surface area contributed by atoms with Gasteiger partial charge in [-0.2, -0.15) is 10.1 Å². The van der Waals surface area contributed by atoms with Gasteiger partial charge in [-0.15, -0.1) is 0 Å². The second-order valence-electron chi connectivity index (χ2n) is 5.99. The normalized spacial score (nSPS) is 11.7. The van der Waals surface area contributed by atoms with E-state index >= 15 is 0 Å². The van der Waals surface area contributed by atoms with Crippen LogP contribution in [0.1, 0.15) is 26.8 Å². The Bertz CT molecular complexity index is 1100. The van der Waals surface area contributed by atoms with Crippen LogP contribution in [-0.4, -0.2) is 24.5 Å². The number of aromatic nitrogens is 5. The molecule has 0 amide bonds. The summed E-state index contributed by atoms with van der Waals surface area (Å²) in [5.74, 6) is 0.396. The van der Waals surface area contributed by atoms with E-state index in [0.29, 0.717) is 28.6 Å². The first-order valence-corrected chi connectivity index (χ1v) is 8.10. The Morgan fingerprint density at radius 2 is 2.08 bits per heavy atom. The van der Waals surface area contributed by atoms with Crippen LogP contribution in [0.25, 0.3) is 34.1 Å². The van der Waals surface area contributed by atoms with E-state index in [1.807, 2.05) is 45.2 Å². The van der Waals surface area contributed by atoms with Crippen LogP contribution in [0.15, 0.2) is 44.2 Å². The molecule has 3 heterocycles. The van der Waals surface area contributed by atoms with Gasteiger partial charge >= 0.3 is 5.76 Å². The van der Waals surface area contributed by atoms with Crippen molar-refractivity contribution in [3.8, 4) is 23.0 Å². The van der Waals surface area contributed by atoms with Gasteiger partial charge in [0.15, 0.2) is 11.3 Å². The summed E-state index contributed by atoms with van der Waals surface area (Å²) in [6, 6.07) is 7.26. The molecular formula is C17H17N5O3. The quantitative estimate of drug-likeness (QED) is 0.567. The summed E-state index contributed by atoms with van der Waals surface area (Å²) < 4.78 is 14.0. The first-order valence-electron chi connectivity index (χ1n) is 8.10. The number of hydrogen-bond acceptors (Lipinski definition) is 6. The maximum Gasteiger partial charge on any atom is 0.420 e. The third-order valence-corrected chi connectivity index (χ3v) is 4.00. The Kier molecular flexibility index (Phi) is 3.52. The zero-order valence-electron chi connectivity index (χ0n) is 14.1. The molecule has 0 bridgehead atoms. The zero-order chi connectivity index (χ0) is 17.6. The van der Waals surface area contributed by atoms with Crippen molar-refractivity contribution in [3.63, 3.8) is 0 Å². The molecule has 0 unspecified atom stereocenters. The Morgan fingerprint density at radius 3 is 2.80 bits per heavy atom. The summed E-state index contributed by atoms with van der Waals surface area (Å²) in [6.45, 7) is 6.64. The smallest absolute Gasteiger partial charge is 0.408 e. The van der Waals surface area contributed by atoms with Crippen molar-refractivity contribution in [1.82, 2.24) is 24.5 Å². The first-order chi connectivity index (χ1) is 12.1. The minimum Gasteiger partial charge on any atom is -0.408 e. The lowest BCUT2D eigenvalue weighted by atomic mass is 10.2. The Labute approximate surface area is 142 Å². The molecule has 0 N–H and O–H groups in total. The lowest BCUT2D eigenvalue weighted by molar-refractivity contribution is 0.430. The summed E-state index contributed by atoms with van der Waals surface area (Å²) in [5, 5.41) is 8.35. The second-order valence-corrected chi connectivity index (χ2v) is 5.99. The molecule has 8 heteroatoms. The van der Waals surface area contributed by atoms with Crippen LogP contribution in [0.2, 0.25) is 0 Å². The van der Waals surface area contributed by atoms with Crippen molar-refractivity contribution in [2.24, 2.45) is 0 Å². The van der Waals surface area contributed by atoms with E-state index in [2.05, 4.69) is 15.2 Å². The summed E-state index contributed by atoms with van der Waals surface area (Å²) in [5.41, 5.74) is 2.58. The van der Waals surface area contributed by atoms with Gasteiger partial charge in [0, 0.05) is 24.3 Å². The highest BCUT2D eigenvalue weighted by molar-refractivity contribution is 5.79. The van der Waals surface area contributed by atoms with Gasteiger partial charge in [-0.1, -0.05) is 5.16 Å². The molecule has 0 spiro atoms. The molecule has 0 atom stereocenters. The average Bonchev–Trinajstić information content (AvgIpc) is 3.30. The molecule has 4 aromatic rings. The van der Waals surface area contributed by atoms with Crippen molar-refractivity contribution < 1.29 is 8.94 Å². The SMILES string of the molecule is CCn1ccc(-c2nc(-c3ccc4c(c3)oc(=O)n4C(C)C)no2)n1. The fraction of sp³-hybridized carbons (Fsp3) is 0.294. The third kappa shape index (κ3) is 2.55. The van der Waals surface area contributed by atoms with Crippen LogP contribution in [0.5, 0.6) is 0 Å². The highest BCUT2D eigenvalue weighted by atomic mass is 16.5. The highest BCUT2D eigenvalue weighted by Crippen LogP contribution is 2.25. The van der Waals surface area contributed by atoms with E-state index in [-0.39, 0.29) is 11.8 Å². The number of oxazole rings is 1. The monoisotopic (exact) mass is 339 g/mol. The highest BCUT2D eigenvalue weighted by Gasteiger charge is 2.16. The summed E-state index contributed by atoms with van der Waals surface area (Å²) in [4.78, 5) is 16.4. The molecule has 0 aliphatic carbocycles. The Hall–Kier alpha value is -3.16. The molecule has 0 fully saturated rings. The van der Waals surface area contributed by atoms with Gasteiger partial charge < -0.3 is 8.94 Å². The summed E-state index contributed by atoms with van der Waals surface area (Å²) >= 11 is 0. The third-order valence-electron chi connectivity index (χ3n) is 4.00. The van der Waals surface area contributed by atoms with Gasteiger partial charge in [0.05, 0.1) is 5.52 Å². The van der Waals surface area contributed by atoms with Gasteiger partial charge in [-0.05, 0) is 45.0 Å². The predicted molar refractivity (Wildman–Crippen MR) is 91.0 cm³/mol. The van der Waals surface area contributed by atoms with Crippen LogP contribution in [0.4, 0.5) is 0 Å². The molecule has 0 radical (unpaired) electrons. The van der Waals surface area contributed by atoms with Crippen LogP contribution >= 0.6 is 0 Å². The topological polar surface area (TPSA) is 91.9 Å². The molecule has 4 rings (SSSR count). The average molecular weight is 339 g/mol. The van der Waals surface area contributed by atoms with Gasteiger partial charge in [-0.25, -0.2) is 4.79 Å². The summed E-state index contributed by atoms with van der Waals surface area (Å²) in [6.07, 6.45) is 1.86. The van der Waals surface area contributed by atoms with E-state index in [4.69, 9.17) is 8.94 Å². The van der Waals surface area contributed by atoms with Gasteiger partial charge in [0.1, 0.15) is 0 Å². The number of aryl methyl sites for hydroxylation is 1. The molecule has 0 aliphatic rings. The minimum atomic E-state index is -0.374. The van der Waals surface area contributed by atoms with E-state index in [1.165, 1.54) is 0 Å². The van der Waals surface area contributed by atoms with E-state index in [1.54, 1.807) is 15.3 Å². The predicted octanol–water partition coefficient (Wildman–Crippen LogP) is 3.11. The Balaban J connectivity index is 1.74. The number of fused-ring (bicyclic) bond motifs is 1. The van der Waals surface area contributed by atoms with Crippen molar-refractivity contribution in [2.45, 2.75) is 33.4 Å². The van der Waals surface area contributed by atoms with E-state index in [0.717, 1.165) is 12.1 Å². The number of hydrogen-bond donors (Lipinski definition) is 0. The molecule has 0 saturated carbocycles. The van der Waals surface area contributed by atoms with Crippen LogP contribution in [0.3, 0.4) is 0 Å². The number of rotatable bonds is 4. The number of nitrogens with zero attached hydrogens (tertiary/aromatic N) is 5. The van der Waals surface area contributed by atoms with Crippen molar-refractivity contribution in [2.75, 3.05) is 0 Å².